The number of imide groups is 1. The molecule has 1 heterocycles. The summed E-state index contributed by atoms with van der Waals surface area (Å²) in [5, 5.41) is 16.1. The Kier molecular flexibility index (Phi) is 31.4. The Labute approximate surface area is 306 Å². The molecule has 0 aromatic rings. The van der Waals surface area contributed by atoms with Crippen molar-refractivity contribution in [2.45, 2.75) is 134 Å². The number of aldehydes is 1. The molecular weight excluding hydrogens is 813 g/mol. The van der Waals surface area contributed by atoms with Crippen LogP contribution in [0, 0.1) is 0 Å². The number of carbonyl (C=O) groups is 6. The number of nitrogens with zero attached hydrogens (tertiary/aromatic N) is 1. The first-order valence-corrected chi connectivity index (χ1v) is 18.1. The Balaban J connectivity index is -0.000000759. The molecule has 2 radical (unpaired) electrons. The second-order valence-electron chi connectivity index (χ2n) is 11.2. The minimum absolute atomic E-state index is 0. The molecule has 12 nitrogen and oxygen atoms in total. The van der Waals surface area contributed by atoms with Gasteiger partial charge >= 0.3 is 0 Å². The summed E-state index contributed by atoms with van der Waals surface area (Å²) in [6, 6.07) is -2.39. The quantitative estimate of drug-likeness (QED) is 0.0469. The van der Waals surface area contributed by atoms with E-state index in [1.807, 2.05) is 13.8 Å². The molecular formula is C31H57BN5O7S2W-. The Morgan fingerprint density at radius 3 is 2.11 bits per heavy atom. The van der Waals surface area contributed by atoms with Crippen LogP contribution in [0.3, 0.4) is 0 Å². The Morgan fingerprint density at radius 2 is 1.57 bits per heavy atom. The third-order valence-corrected chi connectivity index (χ3v) is 9.15. The van der Waals surface area contributed by atoms with Gasteiger partial charge in [0.1, 0.15) is 18.4 Å². The van der Waals surface area contributed by atoms with Crippen LogP contribution in [-0.2, 0) is 49.8 Å². The minimum Gasteiger partial charge on any atom is -0.667 e. The number of carbonyl (C=O) groups excluding carboxylic acids is 6. The van der Waals surface area contributed by atoms with E-state index >= 15 is 0 Å². The molecule has 0 aliphatic carbocycles. The number of thioether (sulfide) groups is 2. The first-order valence-electron chi connectivity index (χ1n) is 16.1. The molecule has 0 aromatic heterocycles. The molecule has 5 atom stereocenters. The molecule has 1 rings (SSSR count). The van der Waals surface area contributed by atoms with E-state index in [2.05, 4.69) is 22.9 Å². The minimum atomic E-state index is -0.935. The average Bonchev–Trinajstić information content (AvgIpc) is 3.25. The van der Waals surface area contributed by atoms with Crippen molar-refractivity contribution in [1.29, 1.82) is 0 Å². The molecule has 1 aliphatic rings. The van der Waals surface area contributed by atoms with Crippen molar-refractivity contribution in [3.8, 4) is 0 Å². The predicted octanol–water partition coefficient (Wildman–Crippen LogP) is 3.33. The fraction of sp³-hybridized carbons (Fsp3) is 0.806. The van der Waals surface area contributed by atoms with Crippen LogP contribution in [0.15, 0.2) is 0 Å². The largest absolute Gasteiger partial charge is 0.667 e. The maximum atomic E-state index is 12.2. The average molecular weight is 871 g/mol. The number of rotatable bonds is 20. The molecule has 16 heteroatoms. The maximum Gasteiger partial charge on any atom is 0.242 e. The standard InChI is InChI=1S/C16H31N4O3S.C13H22BNO3S.C2H4O.W/c1-5-6-7-8-9-24-10-18-15(22)12(3)20-16(23)13(4)19-14(21)11(2)17;1-3-13(2,14)19-10-9-11(17)15(12(10)18)7-5-4-6-8-16;1-2-3;/h11-13,17H,5-10H2,1-4H3,(H,18,22)(H,19,21)(H,20,23);10,16H,3-9H2,1-2H3;2H,1H3;/q-1;;;. The molecule has 1 saturated heterocycles. The molecule has 0 saturated carbocycles. The summed E-state index contributed by atoms with van der Waals surface area (Å²) in [5.74, 6) is 0.107. The van der Waals surface area contributed by atoms with Gasteiger partial charge in [0.15, 0.2) is 0 Å². The topological polar surface area (TPSA) is 186 Å². The van der Waals surface area contributed by atoms with E-state index in [4.69, 9.17) is 23.5 Å². The van der Waals surface area contributed by atoms with E-state index in [0.717, 1.165) is 37.7 Å². The number of aliphatic hydroxyl groups excluding tert-OH is 1. The van der Waals surface area contributed by atoms with Crippen molar-refractivity contribution in [2.75, 3.05) is 24.8 Å². The van der Waals surface area contributed by atoms with Crippen molar-refractivity contribution < 1.29 is 54.9 Å². The van der Waals surface area contributed by atoms with E-state index in [-0.39, 0.29) is 57.1 Å². The first-order chi connectivity index (χ1) is 21.6. The van der Waals surface area contributed by atoms with Crippen LogP contribution in [0.4, 0.5) is 0 Å². The normalized spacial score (nSPS) is 16.9. The number of nitrogens with one attached hydrogen (secondary N) is 4. The maximum absolute atomic E-state index is 12.2. The number of amides is 5. The predicted molar refractivity (Wildman–Crippen MR) is 188 cm³/mol. The summed E-state index contributed by atoms with van der Waals surface area (Å²) < 4.78 is -0.465. The van der Waals surface area contributed by atoms with Gasteiger partial charge in [-0.15, -0.1) is 11.8 Å². The molecule has 0 bridgehead atoms. The van der Waals surface area contributed by atoms with Gasteiger partial charge in [-0.3, -0.25) is 28.9 Å². The van der Waals surface area contributed by atoms with Gasteiger partial charge in [0.05, 0.1) is 19.0 Å². The van der Waals surface area contributed by atoms with E-state index < -0.39 is 34.6 Å². The van der Waals surface area contributed by atoms with Gasteiger partial charge in [-0.05, 0) is 63.3 Å². The number of hydrogen-bond acceptors (Lipinski definition) is 9. The van der Waals surface area contributed by atoms with Gasteiger partial charge in [0.25, 0.3) is 0 Å². The third-order valence-electron chi connectivity index (χ3n) is 6.74. The first kappa shape index (κ1) is 50.0. The Morgan fingerprint density at radius 1 is 1.02 bits per heavy atom. The summed E-state index contributed by atoms with van der Waals surface area (Å²) in [7, 11) is 6.04. The summed E-state index contributed by atoms with van der Waals surface area (Å²) in [6.45, 7) is 12.6. The molecule has 47 heavy (non-hydrogen) atoms. The third kappa shape index (κ3) is 24.4. The van der Waals surface area contributed by atoms with Crippen LogP contribution >= 0.6 is 23.5 Å². The van der Waals surface area contributed by atoms with Crippen molar-refractivity contribution in [3.63, 3.8) is 0 Å². The van der Waals surface area contributed by atoms with Gasteiger partial charge in [-0.1, -0.05) is 53.0 Å². The van der Waals surface area contributed by atoms with E-state index in [9.17, 15) is 24.0 Å². The van der Waals surface area contributed by atoms with Crippen LogP contribution in [0.25, 0.3) is 5.73 Å². The molecule has 0 spiro atoms. The molecule has 0 aromatic carbocycles. The fourth-order valence-corrected chi connectivity index (χ4v) is 5.80. The van der Waals surface area contributed by atoms with Crippen molar-refractivity contribution >= 4 is 67.2 Å². The summed E-state index contributed by atoms with van der Waals surface area (Å²) in [5.41, 5.74) is 7.26. The van der Waals surface area contributed by atoms with Crippen LogP contribution in [0.5, 0.6) is 0 Å². The van der Waals surface area contributed by atoms with E-state index in [0.29, 0.717) is 18.8 Å². The number of aliphatic hydroxyl groups is 1. The Bertz CT molecular complexity index is 935. The van der Waals surface area contributed by atoms with Crippen molar-refractivity contribution in [1.82, 2.24) is 20.9 Å². The van der Waals surface area contributed by atoms with Gasteiger partial charge in [0.2, 0.25) is 29.5 Å². The molecule has 1 aliphatic heterocycles. The van der Waals surface area contributed by atoms with Crippen LogP contribution in [0.2, 0.25) is 0 Å². The summed E-state index contributed by atoms with van der Waals surface area (Å²) in [6.07, 6.45) is 8.87. The SMILES string of the molecule is CC=O.CCCCCCSCNC(=O)C(C)NC(=O)C(C)NC(=O)C(C)[NH-].[B]C(C)(CC)SC1CC(=O)N(CCCCCO)C1=O.[W]. The molecule has 5 unspecified atom stereocenters. The zero-order valence-corrected chi connectivity index (χ0v) is 33.8. The van der Waals surface area contributed by atoms with E-state index in [1.165, 1.54) is 56.7 Å². The monoisotopic (exact) mass is 870 g/mol. The zero-order chi connectivity index (χ0) is 35.7. The second-order valence-corrected chi connectivity index (χ2v) is 14.1. The summed E-state index contributed by atoms with van der Waals surface area (Å²) in [4.78, 5) is 69.4. The fourth-order valence-electron chi connectivity index (χ4n) is 3.73. The van der Waals surface area contributed by atoms with Crippen molar-refractivity contribution in [2.24, 2.45) is 0 Å². The zero-order valence-electron chi connectivity index (χ0n) is 29.2. The summed E-state index contributed by atoms with van der Waals surface area (Å²) >= 11 is 3.06. The smallest absolute Gasteiger partial charge is 0.242 e. The van der Waals surface area contributed by atoms with Gasteiger partial charge in [0, 0.05) is 40.6 Å². The number of hydrogen-bond donors (Lipinski definition) is 4. The van der Waals surface area contributed by atoms with Gasteiger partial charge in [-0.2, -0.15) is 11.8 Å². The van der Waals surface area contributed by atoms with Crippen LogP contribution < -0.4 is 16.0 Å². The molecule has 5 amide bonds. The number of unbranched alkanes of at least 4 members (excludes halogenated alkanes) is 5. The molecule has 1 fully saturated rings. The van der Waals surface area contributed by atoms with Crippen LogP contribution in [0.1, 0.15) is 106 Å². The molecule has 5 N–H and O–H groups in total. The molecule has 270 valence electrons. The van der Waals surface area contributed by atoms with Gasteiger partial charge in [-0.25, -0.2) is 0 Å². The van der Waals surface area contributed by atoms with Gasteiger partial charge < -0.3 is 31.6 Å². The Hall–Kier alpha value is -1.41. The van der Waals surface area contributed by atoms with Crippen molar-refractivity contribution in [3.05, 3.63) is 5.73 Å². The van der Waals surface area contributed by atoms with Crippen LogP contribution in [-0.4, -0.2) is 106 Å². The van der Waals surface area contributed by atoms with E-state index in [1.54, 1.807) is 18.7 Å². The number of likely N-dealkylation sites (tertiary alicyclic amines) is 1. The second kappa shape index (κ2) is 29.5.